The molecule has 0 spiro atoms. The van der Waals surface area contributed by atoms with Crippen LogP contribution in [-0.4, -0.2) is 5.97 Å². The molecule has 0 aromatic heterocycles. The fourth-order valence-electron chi connectivity index (χ4n) is 0.858. The molecule has 0 aliphatic rings. The Balaban J connectivity index is 0.00000169. The molecule has 0 unspecified atom stereocenters. The molecule has 0 saturated carbocycles. The van der Waals surface area contributed by atoms with Crippen molar-refractivity contribution in [3.8, 4) is 0 Å². The minimum Gasteiger partial charge on any atom is -0.550 e. The number of aliphatic carboxylic acids is 1. The summed E-state index contributed by atoms with van der Waals surface area (Å²) in [6.45, 7) is 0. The van der Waals surface area contributed by atoms with Crippen LogP contribution in [0.2, 0.25) is 15.1 Å². The minimum absolute atomic E-state index is 0. The van der Waals surface area contributed by atoms with Crippen LogP contribution in [0.15, 0.2) is 12.1 Å². The Kier molecular flexibility index (Phi) is 6.46. The maximum absolute atomic E-state index is 10.3. The Bertz CT molecular complexity index is 355. The topological polar surface area (TPSA) is 40.1 Å². The number of carbonyl (C=O) groups excluding carboxylic acids is 1. The molecule has 0 fully saturated rings. The molecule has 1 rings (SSSR count). The monoisotopic (exact) mass is 260 g/mol. The summed E-state index contributed by atoms with van der Waals surface area (Å²) in [4.78, 5) is 10.3. The molecule has 0 radical (unpaired) electrons. The Morgan fingerprint density at radius 3 is 2.29 bits per heavy atom. The zero-order chi connectivity index (χ0) is 10.0. The normalized spacial score (nSPS) is 9.36. The van der Waals surface area contributed by atoms with Crippen LogP contribution in [0.5, 0.6) is 0 Å². The van der Waals surface area contributed by atoms with Crippen LogP contribution in [0.4, 0.5) is 0 Å². The van der Waals surface area contributed by atoms with Gasteiger partial charge in [-0.1, -0.05) is 40.9 Å². The van der Waals surface area contributed by atoms with Crippen molar-refractivity contribution in [1.29, 1.82) is 0 Å². The number of rotatable bonds is 2. The molecular weight excluding hydrogens is 257 g/mol. The average molecular weight is 261 g/mol. The molecule has 0 N–H and O–H groups in total. The van der Waals surface area contributed by atoms with Crippen LogP contribution in [0, 0.1) is 0 Å². The van der Waals surface area contributed by atoms with Gasteiger partial charge in [0, 0.05) is 12.4 Å². The molecule has 0 atom stereocenters. The van der Waals surface area contributed by atoms with Crippen LogP contribution >= 0.6 is 34.8 Å². The number of carbonyl (C=O) groups is 1. The van der Waals surface area contributed by atoms with Gasteiger partial charge in [-0.3, -0.25) is 0 Å². The zero-order valence-corrected chi connectivity index (χ0v) is 11.6. The molecule has 1 aromatic carbocycles. The number of hydrogen-bond acceptors (Lipinski definition) is 2. The van der Waals surface area contributed by atoms with Crippen molar-refractivity contribution in [3.63, 3.8) is 0 Å². The van der Waals surface area contributed by atoms with Crippen LogP contribution in [0.25, 0.3) is 0 Å². The summed E-state index contributed by atoms with van der Waals surface area (Å²) >= 11 is 17.1. The molecular formula is C8H4Cl3NaO2. The van der Waals surface area contributed by atoms with E-state index in [-0.39, 0.29) is 46.0 Å². The minimum atomic E-state index is -1.21. The van der Waals surface area contributed by atoms with Crippen LogP contribution in [0.3, 0.4) is 0 Å². The van der Waals surface area contributed by atoms with Crippen molar-refractivity contribution in [3.05, 3.63) is 32.8 Å². The van der Waals surface area contributed by atoms with Gasteiger partial charge in [-0.05, 0) is 11.6 Å². The molecule has 0 amide bonds. The summed E-state index contributed by atoms with van der Waals surface area (Å²) < 4.78 is 0. The SMILES string of the molecule is O=C([O-])Cc1ccc(Cl)c(Cl)c1Cl.[Na+]. The quantitative estimate of drug-likeness (QED) is 0.503. The number of halogens is 3. The second kappa shape index (κ2) is 6.21. The summed E-state index contributed by atoms with van der Waals surface area (Å²) in [5.41, 5.74) is 0.399. The van der Waals surface area contributed by atoms with E-state index in [9.17, 15) is 9.90 Å². The first-order valence-electron chi connectivity index (χ1n) is 3.34. The second-order valence-electron chi connectivity index (χ2n) is 2.38. The fourth-order valence-corrected chi connectivity index (χ4v) is 1.48. The second-order valence-corrected chi connectivity index (χ2v) is 3.55. The van der Waals surface area contributed by atoms with Crippen LogP contribution < -0.4 is 34.7 Å². The van der Waals surface area contributed by atoms with Crippen molar-refractivity contribution >= 4 is 40.8 Å². The number of benzene rings is 1. The van der Waals surface area contributed by atoms with E-state index in [1.54, 1.807) is 0 Å². The molecule has 6 heteroatoms. The average Bonchev–Trinajstić information content (AvgIpc) is 2.06. The molecule has 0 aliphatic heterocycles. The zero-order valence-electron chi connectivity index (χ0n) is 7.31. The van der Waals surface area contributed by atoms with Gasteiger partial charge >= 0.3 is 29.6 Å². The molecule has 0 saturated heterocycles. The third-order valence-electron chi connectivity index (χ3n) is 1.45. The molecule has 2 nitrogen and oxygen atoms in total. The maximum atomic E-state index is 10.3. The largest absolute Gasteiger partial charge is 1.00 e. The predicted molar refractivity (Wildman–Crippen MR) is 50.2 cm³/mol. The van der Waals surface area contributed by atoms with Gasteiger partial charge in [0.2, 0.25) is 0 Å². The fraction of sp³-hybridized carbons (Fsp3) is 0.125. The van der Waals surface area contributed by atoms with Gasteiger partial charge in [-0.2, -0.15) is 0 Å². The van der Waals surface area contributed by atoms with Gasteiger partial charge < -0.3 is 9.90 Å². The summed E-state index contributed by atoms with van der Waals surface area (Å²) in [6.07, 6.45) is -0.268. The van der Waals surface area contributed by atoms with E-state index >= 15 is 0 Å². The van der Waals surface area contributed by atoms with Crippen molar-refractivity contribution in [2.24, 2.45) is 0 Å². The van der Waals surface area contributed by atoms with E-state index in [1.165, 1.54) is 12.1 Å². The van der Waals surface area contributed by atoms with E-state index in [0.29, 0.717) is 10.6 Å². The molecule has 70 valence electrons. The van der Waals surface area contributed by atoms with Gasteiger partial charge in [-0.25, -0.2) is 0 Å². The van der Waals surface area contributed by atoms with Crippen molar-refractivity contribution in [2.75, 3.05) is 0 Å². The van der Waals surface area contributed by atoms with Gasteiger partial charge in [0.1, 0.15) is 0 Å². The van der Waals surface area contributed by atoms with Gasteiger partial charge in [0.05, 0.1) is 15.1 Å². The van der Waals surface area contributed by atoms with E-state index in [0.717, 1.165) is 0 Å². The molecule has 0 aliphatic carbocycles. The van der Waals surface area contributed by atoms with Crippen LogP contribution in [-0.2, 0) is 11.2 Å². The third-order valence-corrected chi connectivity index (χ3v) is 2.78. The van der Waals surface area contributed by atoms with Gasteiger partial charge in [-0.15, -0.1) is 0 Å². The summed E-state index contributed by atoms with van der Waals surface area (Å²) in [5.74, 6) is -1.21. The Labute approximate surface area is 118 Å². The first kappa shape index (κ1) is 14.6. The number of carboxylic acid groups (broad SMARTS) is 1. The smallest absolute Gasteiger partial charge is 0.550 e. The number of carboxylic acids is 1. The third kappa shape index (κ3) is 3.61. The Morgan fingerprint density at radius 1 is 1.21 bits per heavy atom. The van der Waals surface area contributed by atoms with Crippen molar-refractivity contribution in [2.45, 2.75) is 6.42 Å². The Morgan fingerprint density at radius 2 is 1.79 bits per heavy atom. The molecule has 0 bridgehead atoms. The molecule has 1 aromatic rings. The summed E-state index contributed by atoms with van der Waals surface area (Å²) in [6, 6.07) is 3.00. The van der Waals surface area contributed by atoms with Gasteiger partial charge in [0.15, 0.2) is 0 Å². The van der Waals surface area contributed by atoms with Crippen LogP contribution in [0.1, 0.15) is 5.56 Å². The van der Waals surface area contributed by atoms with E-state index in [2.05, 4.69) is 0 Å². The van der Waals surface area contributed by atoms with Crippen molar-refractivity contribution < 1.29 is 39.5 Å². The van der Waals surface area contributed by atoms with E-state index in [1.807, 2.05) is 0 Å². The summed E-state index contributed by atoms with van der Waals surface area (Å²) in [7, 11) is 0. The standard InChI is InChI=1S/C8H5Cl3O2.Na/c9-5-2-1-4(3-6(12)13)7(10)8(5)11;/h1-2H,3H2,(H,12,13);/q;+1/p-1. The predicted octanol–water partition coefficient (Wildman–Crippen LogP) is -1.06. The van der Waals surface area contributed by atoms with E-state index in [4.69, 9.17) is 34.8 Å². The summed E-state index contributed by atoms with van der Waals surface area (Å²) in [5, 5.41) is 10.9. The molecule has 14 heavy (non-hydrogen) atoms. The number of hydrogen-bond donors (Lipinski definition) is 0. The maximum Gasteiger partial charge on any atom is 1.00 e. The van der Waals surface area contributed by atoms with E-state index < -0.39 is 5.97 Å². The van der Waals surface area contributed by atoms with Gasteiger partial charge in [0.25, 0.3) is 0 Å². The Hall–Kier alpha value is 0.560. The first-order valence-corrected chi connectivity index (χ1v) is 4.48. The first-order chi connectivity index (χ1) is 6.02. The van der Waals surface area contributed by atoms with Crippen molar-refractivity contribution in [1.82, 2.24) is 0 Å². The molecule has 0 heterocycles.